The minimum absolute atomic E-state index is 0.106. The summed E-state index contributed by atoms with van der Waals surface area (Å²) in [6.45, 7) is 1.33. The molecule has 1 aliphatic rings. The largest absolute Gasteiger partial charge is 0.493 e. The van der Waals surface area contributed by atoms with Crippen LogP contribution in [0.5, 0.6) is 11.5 Å². The Morgan fingerprint density at radius 1 is 1.03 bits per heavy atom. The molecule has 0 spiro atoms. The van der Waals surface area contributed by atoms with Crippen molar-refractivity contribution >= 4 is 5.91 Å². The summed E-state index contributed by atoms with van der Waals surface area (Å²) in [6.07, 6.45) is 1.31. The third kappa shape index (κ3) is 5.40. The number of hydrogen-bond acceptors (Lipinski definition) is 4. The fraction of sp³-hybridized carbons (Fsp3) is 0.304. The maximum atomic E-state index is 13.2. The number of rotatable bonds is 8. The summed E-state index contributed by atoms with van der Waals surface area (Å²) < 4.78 is 50.0. The third-order valence-corrected chi connectivity index (χ3v) is 5.32. The van der Waals surface area contributed by atoms with Crippen LogP contribution in [-0.2, 0) is 11.2 Å². The van der Waals surface area contributed by atoms with Crippen molar-refractivity contribution in [2.75, 3.05) is 26.3 Å². The lowest BCUT2D eigenvalue weighted by Crippen LogP contribution is -2.32. The zero-order valence-corrected chi connectivity index (χ0v) is 17.2. The predicted octanol–water partition coefficient (Wildman–Crippen LogP) is 3.84. The number of nitrogens with one attached hydrogen (secondary N) is 1. The van der Waals surface area contributed by atoms with Gasteiger partial charge in [0.05, 0.1) is 12.3 Å². The lowest BCUT2D eigenvalue weighted by atomic mass is 10.0. The van der Waals surface area contributed by atoms with E-state index in [0.717, 1.165) is 29.9 Å². The zero-order valence-electron chi connectivity index (χ0n) is 17.2. The van der Waals surface area contributed by atoms with Gasteiger partial charge in [-0.05, 0) is 48.9 Å². The predicted molar refractivity (Wildman–Crippen MR) is 110 cm³/mol. The second-order valence-corrected chi connectivity index (χ2v) is 7.56. The van der Waals surface area contributed by atoms with Gasteiger partial charge in [-0.1, -0.05) is 0 Å². The van der Waals surface area contributed by atoms with Gasteiger partial charge in [-0.2, -0.15) is 5.10 Å². The van der Waals surface area contributed by atoms with Crippen molar-refractivity contribution in [2.24, 2.45) is 0 Å². The Bertz CT molecular complexity index is 1070. The molecular formula is C23H22F3N3O3. The summed E-state index contributed by atoms with van der Waals surface area (Å²) in [7, 11) is 0. The van der Waals surface area contributed by atoms with Gasteiger partial charge in [-0.15, -0.1) is 0 Å². The van der Waals surface area contributed by atoms with Gasteiger partial charge >= 0.3 is 0 Å². The fourth-order valence-corrected chi connectivity index (χ4v) is 3.56. The highest BCUT2D eigenvalue weighted by Gasteiger charge is 2.29. The summed E-state index contributed by atoms with van der Waals surface area (Å²) in [6, 6.07) is 10.9. The third-order valence-electron chi connectivity index (χ3n) is 5.32. The van der Waals surface area contributed by atoms with Crippen molar-refractivity contribution in [2.45, 2.75) is 18.8 Å². The summed E-state index contributed by atoms with van der Waals surface area (Å²) in [4.78, 5) is 14.2. The van der Waals surface area contributed by atoms with Gasteiger partial charge in [-0.25, -0.2) is 13.2 Å². The maximum absolute atomic E-state index is 13.2. The molecule has 0 bridgehead atoms. The van der Waals surface area contributed by atoms with E-state index in [-0.39, 0.29) is 36.6 Å². The van der Waals surface area contributed by atoms with E-state index in [4.69, 9.17) is 9.47 Å². The Hall–Kier alpha value is -3.49. The molecule has 1 aromatic heterocycles. The first-order valence-electron chi connectivity index (χ1n) is 10.3. The molecule has 1 saturated heterocycles. The first kappa shape index (κ1) is 21.7. The second-order valence-electron chi connectivity index (χ2n) is 7.56. The van der Waals surface area contributed by atoms with Crippen molar-refractivity contribution in [1.82, 2.24) is 15.1 Å². The summed E-state index contributed by atoms with van der Waals surface area (Å²) in [5.74, 6) is -1.54. The van der Waals surface area contributed by atoms with Gasteiger partial charge in [0.25, 0.3) is 5.91 Å². The Morgan fingerprint density at radius 2 is 1.81 bits per heavy atom. The molecule has 0 saturated carbocycles. The van der Waals surface area contributed by atoms with E-state index in [2.05, 4.69) is 10.2 Å². The van der Waals surface area contributed by atoms with Crippen molar-refractivity contribution in [3.63, 3.8) is 0 Å². The van der Waals surface area contributed by atoms with E-state index in [1.165, 1.54) is 30.3 Å². The van der Waals surface area contributed by atoms with E-state index in [9.17, 15) is 18.0 Å². The lowest BCUT2D eigenvalue weighted by molar-refractivity contribution is -0.132. The monoisotopic (exact) mass is 445 g/mol. The number of likely N-dealkylation sites (tertiary alicyclic amines) is 1. The number of nitrogens with zero attached hydrogens (tertiary/aromatic N) is 2. The van der Waals surface area contributed by atoms with Crippen LogP contribution in [0.1, 0.15) is 23.7 Å². The second kappa shape index (κ2) is 9.76. The minimum atomic E-state index is -0.949. The molecule has 2 aromatic carbocycles. The van der Waals surface area contributed by atoms with Crippen molar-refractivity contribution < 1.29 is 27.4 Å². The number of carbonyl (C=O) groups is 1. The van der Waals surface area contributed by atoms with Crippen molar-refractivity contribution in [3.8, 4) is 11.5 Å². The van der Waals surface area contributed by atoms with Crippen LogP contribution in [0.4, 0.5) is 13.2 Å². The average Bonchev–Trinajstić information content (AvgIpc) is 3.45. The number of benzene rings is 2. The van der Waals surface area contributed by atoms with E-state index in [1.807, 2.05) is 6.07 Å². The Kier molecular flexibility index (Phi) is 6.63. The molecule has 0 radical (unpaired) electrons. The van der Waals surface area contributed by atoms with Crippen LogP contribution in [0.25, 0.3) is 0 Å². The van der Waals surface area contributed by atoms with Gasteiger partial charge < -0.3 is 14.4 Å². The van der Waals surface area contributed by atoms with E-state index in [0.29, 0.717) is 25.3 Å². The van der Waals surface area contributed by atoms with Gasteiger partial charge in [0.1, 0.15) is 17.3 Å². The standard InChI is InChI=1S/C23H22F3N3O3/c24-16-1-3-18(4-2-16)32-14-23(30)29-9-7-15(13-29)22-11-17(27-28-22)8-10-31-19-5-6-20(25)21(26)12-19/h1-6,11-12,15H,7-10,13-14H2,(H,27,28)/t15-/m0/s1. The van der Waals surface area contributed by atoms with Crippen molar-refractivity contribution in [3.05, 3.63) is 77.4 Å². The normalized spacial score (nSPS) is 15.7. The molecule has 9 heteroatoms. The topological polar surface area (TPSA) is 67.4 Å². The fourth-order valence-electron chi connectivity index (χ4n) is 3.56. The van der Waals surface area contributed by atoms with Gasteiger partial charge in [-0.3, -0.25) is 9.89 Å². The van der Waals surface area contributed by atoms with Crippen LogP contribution in [0.3, 0.4) is 0 Å². The highest BCUT2D eigenvalue weighted by molar-refractivity contribution is 5.78. The molecule has 1 aliphatic heterocycles. The van der Waals surface area contributed by atoms with Crippen LogP contribution in [0.15, 0.2) is 48.5 Å². The highest BCUT2D eigenvalue weighted by Crippen LogP contribution is 2.26. The quantitative estimate of drug-likeness (QED) is 0.572. The Balaban J connectivity index is 1.23. The Labute approximate surface area is 183 Å². The van der Waals surface area contributed by atoms with E-state index < -0.39 is 11.6 Å². The number of carbonyl (C=O) groups excluding carboxylic acids is 1. The lowest BCUT2D eigenvalue weighted by Gasteiger charge is -2.16. The smallest absolute Gasteiger partial charge is 0.260 e. The molecule has 6 nitrogen and oxygen atoms in total. The number of aromatic nitrogens is 2. The van der Waals surface area contributed by atoms with Crippen LogP contribution in [-0.4, -0.2) is 47.3 Å². The van der Waals surface area contributed by atoms with Gasteiger partial charge in [0.15, 0.2) is 18.2 Å². The molecule has 1 amide bonds. The molecule has 0 unspecified atom stereocenters. The summed E-state index contributed by atoms with van der Waals surface area (Å²) >= 11 is 0. The van der Waals surface area contributed by atoms with Crippen LogP contribution in [0, 0.1) is 17.5 Å². The number of halogens is 3. The highest BCUT2D eigenvalue weighted by atomic mass is 19.2. The molecule has 1 N–H and O–H groups in total. The van der Waals surface area contributed by atoms with Gasteiger partial charge in [0, 0.05) is 37.2 Å². The van der Waals surface area contributed by atoms with Crippen LogP contribution >= 0.6 is 0 Å². The van der Waals surface area contributed by atoms with Crippen LogP contribution in [0.2, 0.25) is 0 Å². The number of hydrogen-bond donors (Lipinski definition) is 1. The number of ether oxygens (including phenoxy) is 2. The molecule has 4 rings (SSSR count). The van der Waals surface area contributed by atoms with Gasteiger partial charge in [0.2, 0.25) is 0 Å². The van der Waals surface area contributed by atoms with Crippen LogP contribution < -0.4 is 9.47 Å². The average molecular weight is 445 g/mol. The number of amides is 1. The Morgan fingerprint density at radius 3 is 2.59 bits per heavy atom. The summed E-state index contributed by atoms with van der Waals surface area (Å²) in [5, 5.41) is 7.31. The molecule has 3 aromatic rings. The summed E-state index contributed by atoms with van der Waals surface area (Å²) in [5.41, 5.74) is 1.72. The SMILES string of the molecule is O=C(COc1ccc(F)cc1)N1CC[C@H](c2cc(CCOc3ccc(F)c(F)c3)[nH]n2)C1. The molecule has 1 atom stereocenters. The number of H-pyrrole nitrogens is 1. The first-order chi connectivity index (χ1) is 15.5. The first-order valence-corrected chi connectivity index (χ1v) is 10.3. The van der Waals surface area contributed by atoms with Crippen molar-refractivity contribution in [1.29, 1.82) is 0 Å². The zero-order chi connectivity index (χ0) is 22.5. The van der Waals surface area contributed by atoms with E-state index >= 15 is 0 Å². The minimum Gasteiger partial charge on any atom is -0.493 e. The van der Waals surface area contributed by atoms with E-state index in [1.54, 1.807) is 4.90 Å². The molecular weight excluding hydrogens is 423 g/mol. The molecule has 0 aliphatic carbocycles. The number of aromatic amines is 1. The maximum Gasteiger partial charge on any atom is 0.260 e. The molecule has 1 fully saturated rings. The molecule has 168 valence electrons. The molecule has 2 heterocycles. The molecule has 32 heavy (non-hydrogen) atoms.